The van der Waals surface area contributed by atoms with Crippen LogP contribution in [0.15, 0.2) is 0 Å². The zero-order valence-corrected chi connectivity index (χ0v) is 12.9. The molecule has 1 aliphatic rings. The average Bonchev–Trinajstić information content (AvgIpc) is 2.34. The van der Waals surface area contributed by atoms with E-state index < -0.39 is 0 Å². The van der Waals surface area contributed by atoms with Gasteiger partial charge in [0, 0.05) is 0 Å². The molecule has 1 aliphatic heterocycles. The molecule has 2 nitrogen and oxygen atoms in total. The molecule has 0 unspecified atom stereocenters. The van der Waals surface area contributed by atoms with E-state index in [1.165, 1.54) is 71.1 Å². The molecule has 0 atom stereocenters. The van der Waals surface area contributed by atoms with Crippen molar-refractivity contribution in [3.05, 3.63) is 0 Å². The zero-order chi connectivity index (χ0) is 13.2. The summed E-state index contributed by atoms with van der Waals surface area (Å²) in [5.74, 6) is 1.81. The first-order valence-corrected chi connectivity index (χ1v) is 8.07. The van der Waals surface area contributed by atoms with Crippen molar-refractivity contribution in [2.75, 3.05) is 33.2 Å². The maximum atomic E-state index is 3.65. The lowest BCUT2D eigenvalue weighted by molar-refractivity contribution is 0.216. The number of nitrogens with zero attached hydrogens (tertiary/aromatic N) is 1. The Morgan fingerprint density at radius 3 is 2.39 bits per heavy atom. The topological polar surface area (TPSA) is 15.3 Å². The highest BCUT2D eigenvalue weighted by atomic mass is 15.1. The summed E-state index contributed by atoms with van der Waals surface area (Å²) in [7, 11) is 2.24. The number of hydrogen-bond donors (Lipinski definition) is 1. The Hall–Kier alpha value is -0.0800. The van der Waals surface area contributed by atoms with Crippen LogP contribution in [0.2, 0.25) is 0 Å². The number of nitrogens with one attached hydrogen (secondary N) is 1. The van der Waals surface area contributed by atoms with Gasteiger partial charge in [0.1, 0.15) is 0 Å². The van der Waals surface area contributed by atoms with Crippen LogP contribution in [0.25, 0.3) is 0 Å². The minimum Gasteiger partial charge on any atom is -0.316 e. The number of piperidine rings is 1. The van der Waals surface area contributed by atoms with Crippen molar-refractivity contribution in [3.63, 3.8) is 0 Å². The summed E-state index contributed by atoms with van der Waals surface area (Å²) >= 11 is 0. The Kier molecular flexibility index (Phi) is 8.70. The van der Waals surface area contributed by atoms with Gasteiger partial charge in [-0.05, 0) is 64.3 Å². The van der Waals surface area contributed by atoms with E-state index in [-0.39, 0.29) is 0 Å². The molecule has 1 saturated heterocycles. The molecular formula is C16H34N2. The van der Waals surface area contributed by atoms with Crippen LogP contribution < -0.4 is 5.32 Å². The lowest BCUT2D eigenvalue weighted by atomic mass is 9.97. The minimum absolute atomic E-state index is 0.882. The van der Waals surface area contributed by atoms with Crippen molar-refractivity contribution in [3.8, 4) is 0 Å². The van der Waals surface area contributed by atoms with Gasteiger partial charge in [-0.25, -0.2) is 0 Å². The lowest BCUT2D eigenvalue weighted by Crippen LogP contribution is -2.35. The Morgan fingerprint density at radius 1 is 1.06 bits per heavy atom. The summed E-state index contributed by atoms with van der Waals surface area (Å²) in [6, 6.07) is 0. The molecular weight excluding hydrogens is 220 g/mol. The first-order valence-electron chi connectivity index (χ1n) is 8.07. The van der Waals surface area contributed by atoms with Crippen molar-refractivity contribution < 1.29 is 0 Å². The van der Waals surface area contributed by atoms with Crippen LogP contribution in [0.1, 0.15) is 58.8 Å². The Morgan fingerprint density at radius 2 is 1.72 bits per heavy atom. The summed E-state index contributed by atoms with van der Waals surface area (Å²) in [6.45, 7) is 9.71. The maximum Gasteiger partial charge on any atom is -0.00187 e. The normalized spacial score (nSPS) is 18.7. The first kappa shape index (κ1) is 16.0. The van der Waals surface area contributed by atoms with E-state index in [0.717, 1.165) is 11.8 Å². The Balaban J connectivity index is 1.81. The van der Waals surface area contributed by atoms with E-state index in [0.29, 0.717) is 0 Å². The van der Waals surface area contributed by atoms with Gasteiger partial charge in [0.05, 0.1) is 0 Å². The Labute approximate surface area is 115 Å². The van der Waals surface area contributed by atoms with Crippen LogP contribution in [-0.4, -0.2) is 38.1 Å². The third kappa shape index (κ3) is 8.10. The third-order valence-corrected chi connectivity index (χ3v) is 4.16. The van der Waals surface area contributed by atoms with Crippen LogP contribution in [0.5, 0.6) is 0 Å². The molecule has 1 rings (SSSR count). The van der Waals surface area contributed by atoms with Crippen LogP contribution in [0, 0.1) is 11.8 Å². The molecule has 0 aromatic rings. The third-order valence-electron chi connectivity index (χ3n) is 4.16. The number of rotatable bonds is 9. The second kappa shape index (κ2) is 9.80. The standard InChI is InChI=1S/C16H34N2/c1-15(2)8-6-4-5-7-11-17-14-16-9-12-18(3)13-10-16/h15-17H,4-14H2,1-3H3. The predicted molar refractivity (Wildman–Crippen MR) is 81.0 cm³/mol. The van der Waals surface area contributed by atoms with Crippen molar-refractivity contribution >= 4 is 0 Å². The molecule has 0 aliphatic carbocycles. The molecule has 108 valence electrons. The van der Waals surface area contributed by atoms with Gasteiger partial charge in [-0.3, -0.25) is 0 Å². The molecule has 1 N–H and O–H groups in total. The second-order valence-electron chi connectivity index (χ2n) is 6.55. The molecule has 0 spiro atoms. The smallest absolute Gasteiger partial charge is 0.00187 e. The zero-order valence-electron chi connectivity index (χ0n) is 12.9. The van der Waals surface area contributed by atoms with Crippen LogP contribution in [0.4, 0.5) is 0 Å². The van der Waals surface area contributed by atoms with Gasteiger partial charge >= 0.3 is 0 Å². The van der Waals surface area contributed by atoms with Gasteiger partial charge < -0.3 is 10.2 Å². The van der Waals surface area contributed by atoms with Gasteiger partial charge in [0.15, 0.2) is 0 Å². The highest BCUT2D eigenvalue weighted by Crippen LogP contribution is 2.14. The summed E-state index contributed by atoms with van der Waals surface area (Å²) in [5, 5.41) is 3.65. The van der Waals surface area contributed by atoms with Crippen molar-refractivity contribution in [1.82, 2.24) is 10.2 Å². The monoisotopic (exact) mass is 254 g/mol. The fourth-order valence-electron chi connectivity index (χ4n) is 2.73. The summed E-state index contributed by atoms with van der Waals surface area (Å²) in [5.41, 5.74) is 0. The summed E-state index contributed by atoms with van der Waals surface area (Å²) in [4.78, 5) is 2.45. The molecule has 0 bridgehead atoms. The fourth-order valence-corrected chi connectivity index (χ4v) is 2.73. The van der Waals surface area contributed by atoms with Gasteiger partial charge in [-0.1, -0.05) is 39.5 Å². The quantitative estimate of drug-likeness (QED) is 0.633. The highest BCUT2D eigenvalue weighted by Gasteiger charge is 2.15. The van der Waals surface area contributed by atoms with Crippen LogP contribution in [0.3, 0.4) is 0 Å². The molecule has 0 amide bonds. The Bertz CT molecular complexity index is 184. The van der Waals surface area contributed by atoms with Gasteiger partial charge in [0.25, 0.3) is 0 Å². The lowest BCUT2D eigenvalue weighted by Gasteiger charge is -2.29. The highest BCUT2D eigenvalue weighted by molar-refractivity contribution is 4.71. The van der Waals surface area contributed by atoms with Crippen molar-refractivity contribution in [1.29, 1.82) is 0 Å². The van der Waals surface area contributed by atoms with E-state index in [1.807, 2.05) is 0 Å². The van der Waals surface area contributed by atoms with Gasteiger partial charge in [0.2, 0.25) is 0 Å². The number of likely N-dealkylation sites (tertiary alicyclic amines) is 1. The summed E-state index contributed by atoms with van der Waals surface area (Å²) < 4.78 is 0. The van der Waals surface area contributed by atoms with E-state index in [1.54, 1.807) is 0 Å². The molecule has 0 saturated carbocycles. The molecule has 0 radical (unpaired) electrons. The van der Waals surface area contributed by atoms with Crippen molar-refractivity contribution in [2.24, 2.45) is 11.8 Å². The van der Waals surface area contributed by atoms with E-state index >= 15 is 0 Å². The van der Waals surface area contributed by atoms with E-state index in [2.05, 4.69) is 31.1 Å². The van der Waals surface area contributed by atoms with Crippen LogP contribution >= 0.6 is 0 Å². The SMILES string of the molecule is CC(C)CCCCCCNCC1CCN(C)CC1. The van der Waals surface area contributed by atoms with Gasteiger partial charge in [-0.15, -0.1) is 0 Å². The van der Waals surface area contributed by atoms with E-state index in [4.69, 9.17) is 0 Å². The molecule has 1 heterocycles. The molecule has 1 fully saturated rings. The maximum absolute atomic E-state index is 3.65. The summed E-state index contributed by atoms with van der Waals surface area (Å²) in [6.07, 6.45) is 9.80. The van der Waals surface area contributed by atoms with E-state index in [9.17, 15) is 0 Å². The van der Waals surface area contributed by atoms with Gasteiger partial charge in [-0.2, -0.15) is 0 Å². The predicted octanol–water partition coefficient (Wildman–Crippen LogP) is 3.52. The molecule has 0 aromatic heterocycles. The number of hydrogen-bond acceptors (Lipinski definition) is 2. The van der Waals surface area contributed by atoms with Crippen LogP contribution in [-0.2, 0) is 0 Å². The molecule has 0 aromatic carbocycles. The largest absolute Gasteiger partial charge is 0.316 e. The number of unbranched alkanes of at least 4 members (excludes halogenated alkanes) is 3. The average molecular weight is 254 g/mol. The first-order chi connectivity index (χ1) is 8.68. The second-order valence-corrected chi connectivity index (χ2v) is 6.55. The molecule has 18 heavy (non-hydrogen) atoms. The van der Waals surface area contributed by atoms with Crippen molar-refractivity contribution in [2.45, 2.75) is 58.8 Å². The molecule has 2 heteroatoms. The fraction of sp³-hybridized carbons (Fsp3) is 1.00. The minimum atomic E-state index is 0.882.